The summed E-state index contributed by atoms with van der Waals surface area (Å²) in [5.41, 5.74) is 0.759. The lowest BCUT2D eigenvalue weighted by atomic mass is 10.0. The molecular formula is C18H30O4. The average Bonchev–Trinajstić information content (AvgIpc) is 2.56. The molecule has 126 valence electrons. The second-order valence-electron chi connectivity index (χ2n) is 4.97. The summed E-state index contributed by atoms with van der Waals surface area (Å²) in [6.07, 6.45) is 1.66. The fourth-order valence-corrected chi connectivity index (χ4v) is 1.93. The van der Waals surface area contributed by atoms with E-state index in [0.717, 1.165) is 12.0 Å². The zero-order chi connectivity index (χ0) is 17.0. The molecule has 0 aliphatic heterocycles. The third-order valence-electron chi connectivity index (χ3n) is 3.58. The predicted molar refractivity (Wildman–Crippen MR) is 89.0 cm³/mol. The van der Waals surface area contributed by atoms with E-state index >= 15 is 0 Å². The van der Waals surface area contributed by atoms with Crippen molar-refractivity contribution in [2.24, 2.45) is 5.92 Å². The molecular weight excluding hydrogens is 280 g/mol. The van der Waals surface area contributed by atoms with Gasteiger partial charge >= 0.3 is 5.97 Å². The maximum Gasteiger partial charge on any atom is 0.306 e. The van der Waals surface area contributed by atoms with Crippen LogP contribution in [0.4, 0.5) is 0 Å². The van der Waals surface area contributed by atoms with E-state index in [9.17, 15) is 9.90 Å². The Morgan fingerprint density at radius 3 is 2.45 bits per heavy atom. The van der Waals surface area contributed by atoms with Gasteiger partial charge in [0, 0.05) is 13.5 Å². The van der Waals surface area contributed by atoms with E-state index in [1.54, 1.807) is 25.3 Å². The molecule has 1 unspecified atom stereocenters. The highest BCUT2D eigenvalue weighted by Crippen LogP contribution is 2.17. The SMILES string of the molecule is CC.CC[C@H](C)C(COC(=O)CCc1ccccc1O)OC. The Kier molecular flexibility index (Phi) is 11.2. The standard InChI is InChI=1S/C16H24O4.C2H6/c1-4-12(2)15(19-3)11-20-16(18)10-9-13-7-5-6-8-14(13)17;1-2/h5-8,12,15,17H,4,9-11H2,1-3H3;1-2H3/t12-,15?;/m0./s1. The Hall–Kier alpha value is -1.55. The summed E-state index contributed by atoms with van der Waals surface area (Å²) in [6, 6.07) is 7.01. The van der Waals surface area contributed by atoms with Crippen LogP contribution in [0.2, 0.25) is 0 Å². The highest BCUT2D eigenvalue weighted by Gasteiger charge is 2.17. The summed E-state index contributed by atoms with van der Waals surface area (Å²) in [5.74, 6) is 0.305. The van der Waals surface area contributed by atoms with E-state index in [1.165, 1.54) is 0 Å². The van der Waals surface area contributed by atoms with E-state index in [2.05, 4.69) is 13.8 Å². The number of aryl methyl sites for hydroxylation is 1. The van der Waals surface area contributed by atoms with Crippen LogP contribution in [0.3, 0.4) is 0 Å². The van der Waals surface area contributed by atoms with Crippen molar-refractivity contribution in [3.63, 3.8) is 0 Å². The van der Waals surface area contributed by atoms with E-state index in [-0.39, 0.29) is 30.9 Å². The Morgan fingerprint density at radius 2 is 1.91 bits per heavy atom. The number of rotatable bonds is 8. The van der Waals surface area contributed by atoms with Crippen LogP contribution in [-0.4, -0.2) is 30.9 Å². The lowest BCUT2D eigenvalue weighted by molar-refractivity contribution is -0.148. The molecule has 4 heteroatoms. The average molecular weight is 310 g/mol. The fraction of sp³-hybridized carbons (Fsp3) is 0.611. The normalized spacial score (nSPS) is 12.8. The molecule has 0 radical (unpaired) electrons. The van der Waals surface area contributed by atoms with Crippen molar-refractivity contribution < 1.29 is 19.4 Å². The summed E-state index contributed by atoms with van der Waals surface area (Å²) in [5, 5.41) is 9.61. The van der Waals surface area contributed by atoms with E-state index in [1.807, 2.05) is 19.9 Å². The minimum Gasteiger partial charge on any atom is -0.508 e. The van der Waals surface area contributed by atoms with Crippen LogP contribution in [0.25, 0.3) is 0 Å². The van der Waals surface area contributed by atoms with Crippen molar-refractivity contribution in [1.82, 2.24) is 0 Å². The van der Waals surface area contributed by atoms with Gasteiger partial charge in [-0.25, -0.2) is 0 Å². The largest absolute Gasteiger partial charge is 0.508 e. The zero-order valence-electron chi connectivity index (χ0n) is 14.5. The second-order valence-corrected chi connectivity index (χ2v) is 4.97. The summed E-state index contributed by atoms with van der Waals surface area (Å²) in [4.78, 5) is 11.7. The van der Waals surface area contributed by atoms with Gasteiger partial charge in [0.2, 0.25) is 0 Å². The molecule has 4 nitrogen and oxygen atoms in total. The summed E-state index contributed by atoms with van der Waals surface area (Å²) >= 11 is 0. The smallest absolute Gasteiger partial charge is 0.306 e. The minimum atomic E-state index is -0.265. The fourth-order valence-electron chi connectivity index (χ4n) is 1.93. The minimum absolute atomic E-state index is 0.0610. The third kappa shape index (κ3) is 7.46. The van der Waals surface area contributed by atoms with E-state index < -0.39 is 0 Å². The summed E-state index contributed by atoms with van der Waals surface area (Å²) in [7, 11) is 1.63. The predicted octanol–water partition coefficient (Wildman–Crippen LogP) is 3.96. The zero-order valence-corrected chi connectivity index (χ0v) is 14.5. The van der Waals surface area contributed by atoms with Crippen LogP contribution in [0.15, 0.2) is 24.3 Å². The van der Waals surface area contributed by atoms with E-state index in [0.29, 0.717) is 12.3 Å². The van der Waals surface area contributed by atoms with Gasteiger partial charge in [-0.1, -0.05) is 52.3 Å². The number of hydrogen-bond acceptors (Lipinski definition) is 4. The summed E-state index contributed by atoms with van der Waals surface area (Å²) < 4.78 is 10.6. The maximum absolute atomic E-state index is 11.7. The maximum atomic E-state index is 11.7. The molecule has 0 bridgehead atoms. The Balaban J connectivity index is 0.00000211. The van der Waals surface area contributed by atoms with Gasteiger partial charge < -0.3 is 14.6 Å². The number of para-hydroxylation sites is 1. The van der Waals surface area contributed by atoms with Crippen molar-refractivity contribution in [3.8, 4) is 5.75 Å². The van der Waals surface area contributed by atoms with Crippen molar-refractivity contribution in [2.75, 3.05) is 13.7 Å². The first-order valence-electron chi connectivity index (χ1n) is 8.03. The highest BCUT2D eigenvalue weighted by atomic mass is 16.6. The molecule has 1 N–H and O–H groups in total. The number of carbonyl (C=O) groups excluding carboxylic acids is 1. The number of aromatic hydroxyl groups is 1. The number of carbonyl (C=O) groups is 1. The topological polar surface area (TPSA) is 55.8 Å². The molecule has 0 aliphatic carbocycles. The number of esters is 1. The van der Waals surface area contributed by atoms with Crippen molar-refractivity contribution in [2.45, 2.75) is 53.1 Å². The number of methoxy groups -OCH3 is 1. The molecule has 0 saturated carbocycles. The molecule has 0 heterocycles. The van der Waals surface area contributed by atoms with Crippen LogP contribution in [0, 0.1) is 5.92 Å². The van der Waals surface area contributed by atoms with Crippen molar-refractivity contribution >= 4 is 5.97 Å². The molecule has 0 saturated heterocycles. The molecule has 0 aliphatic rings. The van der Waals surface area contributed by atoms with Crippen molar-refractivity contribution in [1.29, 1.82) is 0 Å². The Labute approximate surface area is 134 Å². The third-order valence-corrected chi connectivity index (χ3v) is 3.58. The summed E-state index contributed by atoms with van der Waals surface area (Å²) in [6.45, 7) is 8.44. The number of phenols is 1. The first kappa shape index (κ1) is 20.5. The van der Waals surface area contributed by atoms with Crippen LogP contribution in [0.1, 0.15) is 46.1 Å². The lowest BCUT2D eigenvalue weighted by Crippen LogP contribution is -2.27. The van der Waals surface area contributed by atoms with E-state index in [4.69, 9.17) is 9.47 Å². The molecule has 1 aromatic rings. The van der Waals surface area contributed by atoms with Gasteiger partial charge in [-0.15, -0.1) is 0 Å². The van der Waals surface area contributed by atoms with Gasteiger partial charge in [0.15, 0.2) is 0 Å². The second kappa shape index (κ2) is 12.0. The van der Waals surface area contributed by atoms with Crippen LogP contribution >= 0.6 is 0 Å². The molecule has 22 heavy (non-hydrogen) atoms. The molecule has 0 amide bonds. The van der Waals surface area contributed by atoms with Gasteiger partial charge in [-0.05, 0) is 24.0 Å². The Bertz CT molecular complexity index is 417. The number of ether oxygens (including phenoxy) is 2. The lowest BCUT2D eigenvalue weighted by Gasteiger charge is -2.21. The molecule has 1 rings (SSSR count). The van der Waals surface area contributed by atoms with Gasteiger partial charge in [0.1, 0.15) is 12.4 Å². The molecule has 2 atom stereocenters. The first-order chi connectivity index (χ1) is 10.6. The quantitative estimate of drug-likeness (QED) is 0.739. The van der Waals surface area contributed by atoms with Crippen LogP contribution < -0.4 is 0 Å². The number of hydrogen-bond donors (Lipinski definition) is 1. The molecule has 1 aromatic carbocycles. The van der Waals surface area contributed by atoms with Crippen LogP contribution in [0.5, 0.6) is 5.75 Å². The van der Waals surface area contributed by atoms with Gasteiger partial charge in [0.25, 0.3) is 0 Å². The van der Waals surface area contributed by atoms with Gasteiger partial charge in [-0.2, -0.15) is 0 Å². The first-order valence-corrected chi connectivity index (χ1v) is 8.03. The van der Waals surface area contributed by atoms with Gasteiger partial charge in [-0.3, -0.25) is 4.79 Å². The number of phenolic OH excluding ortho intramolecular Hbond substituents is 1. The Morgan fingerprint density at radius 1 is 1.27 bits per heavy atom. The van der Waals surface area contributed by atoms with Gasteiger partial charge in [0.05, 0.1) is 6.10 Å². The van der Waals surface area contributed by atoms with Crippen molar-refractivity contribution in [3.05, 3.63) is 29.8 Å². The van der Waals surface area contributed by atoms with Crippen LogP contribution in [-0.2, 0) is 20.7 Å². The highest BCUT2D eigenvalue weighted by molar-refractivity contribution is 5.69. The number of benzene rings is 1. The molecule has 0 spiro atoms. The monoisotopic (exact) mass is 310 g/mol. The molecule has 0 fully saturated rings. The molecule has 0 aromatic heterocycles.